The van der Waals surface area contributed by atoms with E-state index >= 15 is 0 Å². The van der Waals surface area contributed by atoms with Crippen molar-refractivity contribution in [2.24, 2.45) is 0 Å². The van der Waals surface area contributed by atoms with E-state index in [1.165, 1.54) is 0 Å². The minimum absolute atomic E-state index is 0.0223. The number of methoxy groups -OCH3 is 1. The van der Waals surface area contributed by atoms with Crippen LogP contribution in [-0.4, -0.2) is 108 Å². The third kappa shape index (κ3) is 22.1. The zero-order chi connectivity index (χ0) is 52.2. The van der Waals surface area contributed by atoms with Crippen LogP contribution < -0.4 is 25.6 Å². The summed E-state index contributed by atoms with van der Waals surface area (Å²) in [5, 5.41) is 35.7. The number of carbonyl (C=O) groups excluding carboxylic acids is 1. The van der Waals surface area contributed by atoms with Gasteiger partial charge in [-0.3, -0.25) is 29.6 Å². The highest BCUT2D eigenvalue weighted by Crippen LogP contribution is 2.37. The Labute approximate surface area is 404 Å². The Morgan fingerprint density at radius 1 is 0.985 bits per heavy atom. The lowest BCUT2D eigenvalue weighted by molar-refractivity contribution is -0.385. The minimum Gasteiger partial charge on any atom is -0.480 e. The number of aryl methyl sites for hydroxylation is 2. The van der Waals surface area contributed by atoms with Crippen LogP contribution in [0.4, 0.5) is 36.4 Å². The number of nitro benzene ring substituents is 1. The molecular formula is C41H53Cl3F3N8O12P. The van der Waals surface area contributed by atoms with Crippen LogP contribution in [0.5, 0.6) is 11.5 Å². The number of hydrogen-bond acceptors (Lipinski definition) is 14. The van der Waals surface area contributed by atoms with E-state index in [0.29, 0.717) is 24.6 Å². The lowest BCUT2D eigenvalue weighted by atomic mass is 10.0. The van der Waals surface area contributed by atoms with Gasteiger partial charge in [0.25, 0.3) is 5.69 Å². The Balaban J connectivity index is 0.000000474. The van der Waals surface area contributed by atoms with Gasteiger partial charge in [-0.25, -0.2) is 4.79 Å². The highest BCUT2D eigenvalue weighted by Gasteiger charge is 2.31. The van der Waals surface area contributed by atoms with Gasteiger partial charge in [0.1, 0.15) is 22.9 Å². The second-order valence-corrected chi connectivity index (χ2v) is 17.6. The smallest absolute Gasteiger partial charge is 0.416 e. The first-order valence-corrected chi connectivity index (χ1v) is 23.0. The van der Waals surface area contributed by atoms with Gasteiger partial charge in [0.2, 0.25) is 23.1 Å². The van der Waals surface area contributed by atoms with Crippen LogP contribution in [0.25, 0.3) is 0 Å². The number of nitrogens with zero attached hydrogens (tertiary/aromatic N) is 5. The minimum atomic E-state index is -4.58. The molecule has 1 aromatic heterocycles. The summed E-state index contributed by atoms with van der Waals surface area (Å²) >= 11 is 17.2. The van der Waals surface area contributed by atoms with Gasteiger partial charge in [0.15, 0.2) is 0 Å². The van der Waals surface area contributed by atoms with Crippen LogP contribution in [0, 0.1) is 17.0 Å². The number of hydrogen-bond donors (Lipinski definition) is 7. The molecule has 0 saturated carbocycles. The van der Waals surface area contributed by atoms with Gasteiger partial charge in [0, 0.05) is 31.3 Å². The first-order valence-electron chi connectivity index (χ1n) is 19.9. The van der Waals surface area contributed by atoms with Gasteiger partial charge < -0.3 is 45.0 Å². The van der Waals surface area contributed by atoms with Crippen molar-refractivity contribution in [2.45, 2.75) is 72.6 Å². The predicted molar refractivity (Wildman–Crippen MR) is 252 cm³/mol. The summed E-state index contributed by atoms with van der Waals surface area (Å²) in [5.41, 5.74) is 0.861. The molecule has 0 saturated heterocycles. The summed E-state index contributed by atoms with van der Waals surface area (Å²) < 4.78 is 58.1. The molecule has 0 bridgehead atoms. The number of nitro groups is 1. The molecule has 68 heavy (non-hydrogen) atoms. The van der Waals surface area contributed by atoms with E-state index in [2.05, 4.69) is 43.9 Å². The normalized spacial score (nSPS) is 11.5. The first-order chi connectivity index (χ1) is 31.5. The first kappa shape index (κ1) is 60.6. The maximum Gasteiger partial charge on any atom is 0.416 e. The van der Waals surface area contributed by atoms with Gasteiger partial charge in [-0.1, -0.05) is 36.7 Å². The molecule has 0 aliphatic carbocycles. The number of carboxylic acids is 2. The van der Waals surface area contributed by atoms with Gasteiger partial charge in [-0.15, -0.1) is 11.6 Å². The molecule has 0 spiro atoms. The van der Waals surface area contributed by atoms with E-state index in [9.17, 15) is 42.2 Å². The molecule has 0 aliphatic rings. The van der Waals surface area contributed by atoms with Crippen molar-refractivity contribution in [1.82, 2.24) is 20.3 Å². The van der Waals surface area contributed by atoms with E-state index in [1.54, 1.807) is 12.0 Å². The van der Waals surface area contributed by atoms with E-state index in [0.717, 1.165) is 60.1 Å². The zero-order valence-electron chi connectivity index (χ0n) is 38.0. The summed E-state index contributed by atoms with van der Waals surface area (Å²) in [6, 6.07) is 11.3. The molecule has 1 atom stereocenters. The average molecular weight is 1040 g/mol. The second kappa shape index (κ2) is 28.2. The van der Waals surface area contributed by atoms with Crippen molar-refractivity contribution in [1.29, 1.82) is 0 Å². The summed E-state index contributed by atoms with van der Waals surface area (Å²) in [5.74, 6) is -2.11. The number of aromatic nitrogens is 3. The van der Waals surface area contributed by atoms with E-state index < -0.39 is 60.3 Å². The number of nitrogens with one attached hydrogen (secondary N) is 3. The quantitative estimate of drug-likeness (QED) is 0.0225. The molecule has 1 heterocycles. The van der Waals surface area contributed by atoms with Crippen molar-refractivity contribution in [3.05, 3.63) is 97.3 Å². The molecule has 3 aromatic carbocycles. The lowest BCUT2D eigenvalue weighted by Gasteiger charge is -2.31. The Morgan fingerprint density at radius 3 is 2.10 bits per heavy atom. The number of anilines is 3. The van der Waals surface area contributed by atoms with E-state index in [1.807, 2.05) is 53.7 Å². The molecule has 20 nitrogen and oxygen atoms in total. The number of para-hydroxylation sites is 1. The van der Waals surface area contributed by atoms with Crippen molar-refractivity contribution in [3.63, 3.8) is 0 Å². The van der Waals surface area contributed by atoms with Crippen LogP contribution in [0.15, 0.2) is 54.6 Å². The molecule has 1 amide bonds. The van der Waals surface area contributed by atoms with Crippen molar-refractivity contribution >= 4 is 83.5 Å². The highest BCUT2D eigenvalue weighted by molar-refractivity contribution is 7.51. The van der Waals surface area contributed by atoms with Gasteiger partial charge in [-0.2, -0.15) is 28.1 Å². The van der Waals surface area contributed by atoms with Crippen LogP contribution in [-0.2, 0) is 31.5 Å². The third-order valence-electron chi connectivity index (χ3n) is 8.08. The average Bonchev–Trinajstić information content (AvgIpc) is 3.21. The fourth-order valence-corrected chi connectivity index (χ4v) is 6.31. The topological polar surface area (TPSA) is 289 Å². The number of rotatable bonds is 17. The number of halogens is 6. The van der Waals surface area contributed by atoms with Crippen molar-refractivity contribution in [2.75, 3.05) is 54.5 Å². The molecule has 4 rings (SSSR count). The SMILES string of the molecule is CCNc1nc(Cl)nc(NC(C)(C)C)n1.CCc1cccc(C)c1N(C(=O)CCl)C(C)COC.O=C(O)CNCP(=O)(O)O.O=C(O)c1cc(Oc2ccc(C(F)(F)F)cc2Cl)ccc1[N+](=O)[O-]. The summed E-state index contributed by atoms with van der Waals surface area (Å²) in [4.78, 5) is 73.1. The molecule has 27 heteroatoms. The van der Waals surface area contributed by atoms with Crippen LogP contribution in [0.2, 0.25) is 10.3 Å². The molecule has 376 valence electrons. The number of aliphatic carboxylic acids is 1. The summed E-state index contributed by atoms with van der Waals surface area (Å²) in [6.45, 7) is 14.9. The summed E-state index contributed by atoms with van der Waals surface area (Å²) in [7, 11) is -2.46. The van der Waals surface area contributed by atoms with Crippen LogP contribution in [0.1, 0.15) is 68.6 Å². The number of alkyl halides is 4. The van der Waals surface area contributed by atoms with Gasteiger partial charge in [0.05, 0.1) is 46.7 Å². The Hall–Kier alpha value is -5.39. The van der Waals surface area contributed by atoms with Gasteiger partial charge >= 0.3 is 25.7 Å². The molecule has 0 radical (unpaired) electrons. The largest absolute Gasteiger partial charge is 0.480 e. The molecule has 7 N–H and O–H groups in total. The van der Waals surface area contributed by atoms with Crippen LogP contribution >= 0.6 is 42.4 Å². The number of ether oxygens (including phenoxy) is 2. The monoisotopic (exact) mass is 1040 g/mol. The summed E-state index contributed by atoms with van der Waals surface area (Å²) in [6.07, 6.45) is -4.30. The number of carboxylic acid groups (broad SMARTS) is 2. The maximum atomic E-state index is 12.6. The fraction of sp³-hybridized carbons (Fsp3) is 0.415. The molecular weight excluding hydrogens is 991 g/mol. The standard InChI is InChI=1S/C15H22ClNO2.C14H7ClF3NO5.C9H16ClN5.C3H8NO5P/c1-5-13-8-6-7-11(2)15(13)17(14(18)9-16)12(3)10-19-4;15-10-5-7(14(16,17)18)1-4-12(10)24-8-2-3-11(19(22)23)9(6-8)13(20)21;1-5-11-7-12-6(10)13-8(14-7)15-9(2,3)4;5-3(6)1-4-2-10(7,8)9/h6-8,12H,5,9-10H2,1-4H3;1-6H,(H,20,21);5H2,1-4H3,(H2,11,12,13,14,15);4H,1-2H2,(H,5,6)(H2,7,8,9). The second-order valence-electron chi connectivity index (χ2n) is 14.9. The van der Waals surface area contributed by atoms with Crippen molar-refractivity contribution in [3.8, 4) is 11.5 Å². The zero-order valence-corrected chi connectivity index (χ0v) is 41.2. The number of benzene rings is 3. The number of amides is 1. The third-order valence-corrected chi connectivity index (χ3v) is 9.41. The Kier molecular flexibility index (Phi) is 25.1. The predicted octanol–water partition coefficient (Wildman–Crippen LogP) is 8.88. The Morgan fingerprint density at radius 2 is 1.62 bits per heavy atom. The number of aromatic carboxylic acids is 1. The maximum absolute atomic E-state index is 12.6. The molecule has 0 aliphatic heterocycles. The molecule has 4 aromatic rings. The number of carbonyl (C=O) groups is 3. The fourth-order valence-electron chi connectivity index (χ4n) is 5.40. The molecule has 0 fully saturated rings. The lowest BCUT2D eigenvalue weighted by Crippen LogP contribution is -2.43. The van der Waals surface area contributed by atoms with Gasteiger partial charge in [-0.05, 0) is 95.0 Å². The highest BCUT2D eigenvalue weighted by atomic mass is 35.5. The Bertz CT molecular complexity index is 2380. The van der Waals surface area contributed by atoms with E-state index in [-0.39, 0.29) is 45.2 Å². The van der Waals surface area contributed by atoms with E-state index in [4.69, 9.17) is 64.3 Å². The van der Waals surface area contributed by atoms with Crippen LogP contribution in [0.3, 0.4) is 0 Å². The van der Waals surface area contributed by atoms with Crippen molar-refractivity contribution < 1.29 is 66.5 Å². The molecule has 1 unspecified atom stereocenters.